The van der Waals surface area contributed by atoms with Gasteiger partial charge in [0.05, 0.1) is 0 Å². The van der Waals surface area contributed by atoms with Crippen LogP contribution in [0.3, 0.4) is 0 Å². The summed E-state index contributed by atoms with van der Waals surface area (Å²) in [4.78, 5) is 0. The summed E-state index contributed by atoms with van der Waals surface area (Å²) in [6.07, 6.45) is 8.53. The van der Waals surface area contributed by atoms with Gasteiger partial charge in [0.2, 0.25) is 0 Å². The Kier molecular flexibility index (Phi) is 4.27. The summed E-state index contributed by atoms with van der Waals surface area (Å²) in [6, 6.07) is 2.96. The topological polar surface area (TPSA) is 17.0 Å². The fraction of sp³-hybridized carbons (Fsp3) is 0.733. The van der Waals surface area contributed by atoms with Gasteiger partial charge < -0.3 is 9.88 Å². The van der Waals surface area contributed by atoms with E-state index < -0.39 is 0 Å². The van der Waals surface area contributed by atoms with Crippen LogP contribution in [0.15, 0.2) is 18.5 Å². The highest BCUT2D eigenvalue weighted by Crippen LogP contribution is 2.33. The minimum atomic E-state index is 0.727. The summed E-state index contributed by atoms with van der Waals surface area (Å²) in [7, 11) is 0. The summed E-state index contributed by atoms with van der Waals surface area (Å²) < 4.78 is 2.24. The third-order valence-electron chi connectivity index (χ3n) is 4.50. The van der Waals surface area contributed by atoms with E-state index in [0.29, 0.717) is 0 Å². The molecule has 1 aromatic rings. The zero-order valence-corrected chi connectivity index (χ0v) is 11.4. The molecule has 0 spiro atoms. The summed E-state index contributed by atoms with van der Waals surface area (Å²) in [5.74, 6) is 1.78. The highest BCUT2D eigenvalue weighted by atomic mass is 15.0. The fourth-order valence-corrected chi connectivity index (χ4v) is 3.15. The van der Waals surface area contributed by atoms with Gasteiger partial charge in [0.25, 0.3) is 0 Å². The molecular weight excluding hydrogens is 208 g/mol. The van der Waals surface area contributed by atoms with Gasteiger partial charge in [0, 0.05) is 31.5 Å². The molecule has 0 aromatic carbocycles. The molecule has 2 rings (SSSR count). The molecule has 0 bridgehead atoms. The van der Waals surface area contributed by atoms with E-state index in [0.717, 1.165) is 31.0 Å². The number of nitrogens with one attached hydrogen (secondary N) is 1. The Morgan fingerprint density at radius 1 is 1.35 bits per heavy atom. The lowest BCUT2D eigenvalue weighted by Crippen LogP contribution is -2.32. The van der Waals surface area contributed by atoms with Gasteiger partial charge in [0.1, 0.15) is 0 Å². The first kappa shape index (κ1) is 12.7. The number of aryl methyl sites for hydroxylation is 1. The van der Waals surface area contributed by atoms with Crippen LogP contribution in [0, 0.1) is 11.8 Å². The number of rotatable bonds is 5. The van der Waals surface area contributed by atoms with E-state index in [4.69, 9.17) is 0 Å². The van der Waals surface area contributed by atoms with Crippen LogP contribution in [0.1, 0.15) is 45.6 Å². The van der Waals surface area contributed by atoms with Crippen LogP contribution in [-0.4, -0.2) is 10.6 Å². The molecule has 1 fully saturated rings. The SMILES string of the molecule is CCC1CCC(NCc2ccn(CC)c2)C1C. The minimum Gasteiger partial charge on any atom is -0.354 e. The fourth-order valence-electron chi connectivity index (χ4n) is 3.15. The predicted molar refractivity (Wildman–Crippen MR) is 72.9 cm³/mol. The third kappa shape index (κ3) is 2.92. The molecule has 1 aromatic heterocycles. The van der Waals surface area contributed by atoms with Gasteiger partial charge in [0.15, 0.2) is 0 Å². The largest absolute Gasteiger partial charge is 0.354 e. The first-order chi connectivity index (χ1) is 8.24. The lowest BCUT2D eigenvalue weighted by molar-refractivity contribution is 0.344. The Morgan fingerprint density at radius 3 is 2.76 bits per heavy atom. The number of hydrogen-bond acceptors (Lipinski definition) is 1. The number of hydrogen-bond donors (Lipinski definition) is 1. The average Bonchev–Trinajstić information content (AvgIpc) is 2.93. The molecule has 1 saturated carbocycles. The summed E-state index contributed by atoms with van der Waals surface area (Å²) in [5.41, 5.74) is 1.42. The first-order valence-electron chi connectivity index (χ1n) is 7.12. The van der Waals surface area contributed by atoms with Crippen molar-refractivity contribution in [1.82, 2.24) is 9.88 Å². The molecule has 3 atom stereocenters. The standard InChI is InChI=1S/C15H26N2/c1-4-14-6-7-15(12(14)3)16-10-13-8-9-17(5-2)11-13/h8-9,11-12,14-16H,4-7,10H2,1-3H3. The van der Waals surface area contributed by atoms with Gasteiger partial charge in [-0.1, -0.05) is 20.3 Å². The third-order valence-corrected chi connectivity index (χ3v) is 4.50. The van der Waals surface area contributed by atoms with Gasteiger partial charge in [-0.2, -0.15) is 0 Å². The van der Waals surface area contributed by atoms with Crippen LogP contribution < -0.4 is 5.32 Å². The smallest absolute Gasteiger partial charge is 0.0223 e. The molecule has 0 aliphatic heterocycles. The van der Waals surface area contributed by atoms with Gasteiger partial charge in [-0.15, -0.1) is 0 Å². The van der Waals surface area contributed by atoms with Crippen LogP contribution in [0.4, 0.5) is 0 Å². The van der Waals surface area contributed by atoms with E-state index in [1.54, 1.807) is 0 Å². The van der Waals surface area contributed by atoms with Crippen LogP contribution >= 0.6 is 0 Å². The Morgan fingerprint density at radius 2 is 2.18 bits per heavy atom. The molecule has 3 unspecified atom stereocenters. The van der Waals surface area contributed by atoms with Crippen LogP contribution in [0.2, 0.25) is 0 Å². The quantitative estimate of drug-likeness (QED) is 0.826. The van der Waals surface area contributed by atoms with Crippen LogP contribution in [0.25, 0.3) is 0 Å². The maximum atomic E-state index is 3.74. The monoisotopic (exact) mass is 234 g/mol. The van der Waals surface area contributed by atoms with Crippen molar-refractivity contribution in [3.63, 3.8) is 0 Å². The molecule has 2 heteroatoms. The minimum absolute atomic E-state index is 0.727. The van der Waals surface area contributed by atoms with Crippen molar-refractivity contribution in [1.29, 1.82) is 0 Å². The van der Waals surface area contributed by atoms with E-state index in [1.165, 1.54) is 24.8 Å². The molecule has 1 aliphatic carbocycles. The summed E-state index contributed by atoms with van der Waals surface area (Å²) in [6.45, 7) is 9.01. The van der Waals surface area contributed by atoms with Crippen molar-refractivity contribution >= 4 is 0 Å². The van der Waals surface area contributed by atoms with Gasteiger partial charge in [-0.3, -0.25) is 0 Å². The van der Waals surface area contributed by atoms with Crippen LogP contribution in [-0.2, 0) is 13.1 Å². The maximum Gasteiger partial charge on any atom is 0.0223 e. The maximum absolute atomic E-state index is 3.74. The lowest BCUT2D eigenvalue weighted by atomic mass is 9.93. The molecule has 1 aliphatic rings. The molecular formula is C15H26N2. The van der Waals surface area contributed by atoms with Gasteiger partial charge >= 0.3 is 0 Å². The van der Waals surface area contributed by atoms with E-state index in [1.807, 2.05) is 0 Å². The second-order valence-corrected chi connectivity index (χ2v) is 5.44. The van der Waals surface area contributed by atoms with Crippen molar-refractivity contribution in [3.05, 3.63) is 24.0 Å². The molecule has 1 heterocycles. The molecule has 1 N–H and O–H groups in total. The second-order valence-electron chi connectivity index (χ2n) is 5.44. The van der Waals surface area contributed by atoms with E-state index >= 15 is 0 Å². The van der Waals surface area contributed by atoms with E-state index in [2.05, 4.69) is 49.1 Å². The Labute approximate surface area is 105 Å². The van der Waals surface area contributed by atoms with E-state index in [9.17, 15) is 0 Å². The summed E-state index contributed by atoms with van der Waals surface area (Å²) >= 11 is 0. The van der Waals surface area contributed by atoms with Gasteiger partial charge in [-0.05, 0) is 43.2 Å². The zero-order valence-electron chi connectivity index (χ0n) is 11.4. The van der Waals surface area contributed by atoms with Crippen LogP contribution in [0.5, 0.6) is 0 Å². The zero-order chi connectivity index (χ0) is 12.3. The lowest BCUT2D eigenvalue weighted by Gasteiger charge is -2.20. The Bertz CT molecular complexity index is 342. The second kappa shape index (κ2) is 5.72. The predicted octanol–water partition coefficient (Wildman–Crippen LogP) is 3.42. The number of nitrogens with zero attached hydrogens (tertiary/aromatic N) is 1. The average molecular weight is 234 g/mol. The van der Waals surface area contributed by atoms with Crippen molar-refractivity contribution in [2.45, 2.75) is 59.2 Å². The van der Waals surface area contributed by atoms with Crippen molar-refractivity contribution in [3.8, 4) is 0 Å². The van der Waals surface area contributed by atoms with E-state index in [-0.39, 0.29) is 0 Å². The highest BCUT2D eigenvalue weighted by Gasteiger charge is 2.30. The molecule has 0 saturated heterocycles. The molecule has 2 nitrogen and oxygen atoms in total. The Hall–Kier alpha value is -0.760. The summed E-state index contributed by atoms with van der Waals surface area (Å²) in [5, 5.41) is 3.74. The molecule has 0 radical (unpaired) electrons. The molecule has 17 heavy (non-hydrogen) atoms. The number of aromatic nitrogens is 1. The van der Waals surface area contributed by atoms with Crippen molar-refractivity contribution in [2.75, 3.05) is 0 Å². The normalized spacial score (nSPS) is 28.8. The first-order valence-corrected chi connectivity index (χ1v) is 7.12. The van der Waals surface area contributed by atoms with Gasteiger partial charge in [-0.25, -0.2) is 0 Å². The van der Waals surface area contributed by atoms with Crippen molar-refractivity contribution in [2.24, 2.45) is 11.8 Å². The van der Waals surface area contributed by atoms with Crippen molar-refractivity contribution < 1.29 is 0 Å². The molecule has 0 amide bonds. The Balaban J connectivity index is 1.82. The molecule has 96 valence electrons. The highest BCUT2D eigenvalue weighted by molar-refractivity contribution is 5.10.